The van der Waals surface area contributed by atoms with Crippen LogP contribution in [0.2, 0.25) is 0 Å². The highest BCUT2D eigenvalue weighted by molar-refractivity contribution is 5.94. The molecule has 1 saturated carbocycles. The highest BCUT2D eigenvalue weighted by Gasteiger charge is 2.48. The van der Waals surface area contributed by atoms with Crippen LogP contribution in [0.4, 0.5) is 4.39 Å². The maximum absolute atomic E-state index is 13.2. The molecule has 6 heteroatoms. The number of hydrogen-bond acceptors (Lipinski definition) is 4. The van der Waals surface area contributed by atoms with E-state index in [-0.39, 0.29) is 17.7 Å². The van der Waals surface area contributed by atoms with Gasteiger partial charge in [0.15, 0.2) is 0 Å². The van der Waals surface area contributed by atoms with E-state index in [9.17, 15) is 9.18 Å². The minimum Gasteiger partial charge on any atom is -0.450 e. The summed E-state index contributed by atoms with van der Waals surface area (Å²) in [6.45, 7) is 0. The molecule has 0 atom stereocenters. The molecule has 2 aromatic carbocycles. The van der Waals surface area contributed by atoms with E-state index in [0.717, 1.165) is 59.2 Å². The normalized spacial score (nSPS) is 22.6. The summed E-state index contributed by atoms with van der Waals surface area (Å²) in [5, 5.41) is 0. The highest BCUT2D eigenvalue weighted by Crippen LogP contribution is 2.49. The molecule has 0 saturated heterocycles. The number of benzene rings is 2. The first-order chi connectivity index (χ1) is 15.1. The largest absolute Gasteiger partial charge is 0.450 e. The first-order valence-electron chi connectivity index (χ1n) is 10.5. The Bertz CT molecular complexity index is 1300. The third kappa shape index (κ3) is 2.93. The van der Waals surface area contributed by atoms with Gasteiger partial charge in [-0.15, -0.1) is 0 Å². The fraction of sp³-hybridized carbons (Fsp3) is 0.240. The van der Waals surface area contributed by atoms with Crippen LogP contribution in [-0.2, 0) is 10.3 Å². The second-order valence-electron chi connectivity index (χ2n) is 8.44. The Hall–Kier alpha value is -3.54. The van der Waals surface area contributed by atoms with Crippen LogP contribution in [0.5, 0.6) is 0 Å². The number of ether oxygens (including phenoxy) is 1. The summed E-state index contributed by atoms with van der Waals surface area (Å²) in [6.07, 6.45) is 6.70. The van der Waals surface area contributed by atoms with Crippen LogP contribution in [0.15, 0.2) is 60.9 Å². The average Bonchev–Trinajstić information content (AvgIpc) is 3.34. The van der Waals surface area contributed by atoms with E-state index < -0.39 is 5.60 Å². The number of nitrogens with zero attached hydrogens (tertiary/aromatic N) is 2. The number of esters is 1. The highest BCUT2D eigenvalue weighted by atomic mass is 19.1. The van der Waals surface area contributed by atoms with E-state index in [4.69, 9.17) is 9.72 Å². The fourth-order valence-electron chi connectivity index (χ4n) is 5.00. The van der Waals surface area contributed by atoms with E-state index >= 15 is 0 Å². The summed E-state index contributed by atoms with van der Waals surface area (Å²) in [5.74, 6) is 0.770. The molecular weight excluding hydrogens is 393 g/mol. The molecule has 0 radical (unpaired) electrons. The number of H-pyrrole nitrogens is 1. The van der Waals surface area contributed by atoms with Gasteiger partial charge < -0.3 is 9.72 Å². The quantitative estimate of drug-likeness (QED) is 0.442. The van der Waals surface area contributed by atoms with E-state index in [1.807, 2.05) is 12.1 Å². The van der Waals surface area contributed by atoms with E-state index in [0.29, 0.717) is 5.56 Å². The van der Waals surface area contributed by atoms with Crippen molar-refractivity contribution < 1.29 is 13.9 Å². The number of aromatic amines is 1. The van der Waals surface area contributed by atoms with E-state index in [1.54, 1.807) is 30.6 Å². The summed E-state index contributed by atoms with van der Waals surface area (Å²) in [4.78, 5) is 24.8. The zero-order valence-electron chi connectivity index (χ0n) is 16.8. The predicted molar refractivity (Wildman–Crippen MR) is 114 cm³/mol. The SMILES string of the molecule is O=C1OC2(CCC(c3nc4ccc(-c5ccc(F)cc5)cc4[nH]3)CC2)c2cnccc21. The number of aromatic nitrogens is 3. The van der Waals surface area contributed by atoms with Crippen molar-refractivity contribution in [2.75, 3.05) is 0 Å². The molecule has 1 fully saturated rings. The minimum absolute atomic E-state index is 0.241. The van der Waals surface area contributed by atoms with Crippen LogP contribution in [-0.4, -0.2) is 20.9 Å². The summed E-state index contributed by atoms with van der Waals surface area (Å²) in [6, 6.07) is 14.3. The molecule has 1 aliphatic heterocycles. The van der Waals surface area contributed by atoms with Gasteiger partial charge in [0.1, 0.15) is 17.2 Å². The Morgan fingerprint density at radius 2 is 1.81 bits per heavy atom. The molecule has 1 spiro atoms. The third-order valence-corrected chi connectivity index (χ3v) is 6.68. The fourth-order valence-corrected chi connectivity index (χ4v) is 5.00. The maximum Gasteiger partial charge on any atom is 0.339 e. The number of hydrogen-bond donors (Lipinski definition) is 1. The Kier molecular flexibility index (Phi) is 3.96. The lowest BCUT2D eigenvalue weighted by Crippen LogP contribution is -2.31. The van der Waals surface area contributed by atoms with Gasteiger partial charge in [-0.3, -0.25) is 4.98 Å². The number of nitrogens with one attached hydrogen (secondary N) is 1. The average molecular weight is 413 g/mol. The van der Waals surface area contributed by atoms with Gasteiger partial charge in [0.2, 0.25) is 0 Å². The molecule has 154 valence electrons. The van der Waals surface area contributed by atoms with Crippen LogP contribution in [0.25, 0.3) is 22.2 Å². The molecule has 0 bridgehead atoms. The van der Waals surface area contributed by atoms with Gasteiger partial charge in [-0.25, -0.2) is 14.2 Å². The van der Waals surface area contributed by atoms with Crippen molar-refractivity contribution in [2.24, 2.45) is 0 Å². The van der Waals surface area contributed by atoms with Crippen LogP contribution in [0.3, 0.4) is 0 Å². The van der Waals surface area contributed by atoms with Crippen molar-refractivity contribution in [3.63, 3.8) is 0 Å². The minimum atomic E-state index is -0.543. The van der Waals surface area contributed by atoms with Crippen molar-refractivity contribution in [3.05, 3.63) is 83.7 Å². The van der Waals surface area contributed by atoms with Crippen LogP contribution in [0, 0.1) is 5.82 Å². The molecule has 1 N–H and O–H groups in total. The van der Waals surface area contributed by atoms with Crippen molar-refractivity contribution in [2.45, 2.75) is 37.2 Å². The molecule has 0 amide bonds. The van der Waals surface area contributed by atoms with E-state index in [2.05, 4.69) is 16.0 Å². The smallest absolute Gasteiger partial charge is 0.339 e. The summed E-state index contributed by atoms with van der Waals surface area (Å²) < 4.78 is 19.1. The van der Waals surface area contributed by atoms with Crippen LogP contribution in [0.1, 0.15) is 53.3 Å². The molecule has 4 aromatic rings. The zero-order chi connectivity index (χ0) is 21.0. The molecule has 6 rings (SSSR count). The van der Waals surface area contributed by atoms with Crippen LogP contribution < -0.4 is 0 Å². The van der Waals surface area contributed by atoms with Crippen molar-refractivity contribution >= 4 is 17.0 Å². The summed E-state index contributed by atoms with van der Waals surface area (Å²) in [7, 11) is 0. The molecule has 1 aliphatic carbocycles. The number of pyridine rings is 1. The summed E-state index contributed by atoms with van der Waals surface area (Å²) >= 11 is 0. The number of rotatable bonds is 2. The first-order valence-corrected chi connectivity index (χ1v) is 10.5. The number of halogens is 1. The lowest BCUT2D eigenvalue weighted by atomic mass is 9.75. The molecule has 0 unspecified atom stereocenters. The molecular formula is C25H20FN3O2. The molecule has 2 aromatic heterocycles. The van der Waals surface area contributed by atoms with Gasteiger partial charge in [-0.2, -0.15) is 0 Å². The Morgan fingerprint density at radius 1 is 1.03 bits per heavy atom. The molecule has 2 aliphatic rings. The predicted octanol–water partition coefficient (Wildman–Crippen LogP) is 5.49. The van der Waals surface area contributed by atoms with Crippen LogP contribution >= 0.6 is 0 Å². The molecule has 5 nitrogen and oxygen atoms in total. The lowest BCUT2D eigenvalue weighted by molar-refractivity contribution is -0.0313. The zero-order valence-corrected chi connectivity index (χ0v) is 16.8. The monoisotopic (exact) mass is 413 g/mol. The number of carbonyl (C=O) groups excluding carboxylic acids is 1. The Morgan fingerprint density at radius 3 is 2.61 bits per heavy atom. The Balaban J connectivity index is 1.25. The lowest BCUT2D eigenvalue weighted by Gasteiger charge is -2.35. The van der Waals surface area contributed by atoms with Gasteiger partial charge in [0.05, 0.1) is 16.6 Å². The Labute approximate surface area is 178 Å². The molecule has 3 heterocycles. The van der Waals surface area contributed by atoms with E-state index in [1.165, 1.54) is 12.1 Å². The van der Waals surface area contributed by atoms with Crippen molar-refractivity contribution in [1.82, 2.24) is 15.0 Å². The maximum atomic E-state index is 13.2. The second-order valence-corrected chi connectivity index (χ2v) is 8.44. The van der Waals surface area contributed by atoms with Gasteiger partial charge >= 0.3 is 5.97 Å². The van der Waals surface area contributed by atoms with Gasteiger partial charge in [-0.05, 0) is 67.1 Å². The van der Waals surface area contributed by atoms with Gasteiger partial charge in [0, 0.05) is 23.9 Å². The van der Waals surface area contributed by atoms with Crippen molar-refractivity contribution in [3.8, 4) is 11.1 Å². The standard InChI is InChI=1S/C25H20FN3O2/c26-18-4-1-15(2-5-18)17-3-6-21-22(13-17)29-23(28-21)16-7-10-25(11-8-16)20-14-27-12-9-19(20)24(30)31-25/h1-6,9,12-14,16H,7-8,10-11H2,(H,28,29). The third-order valence-electron chi connectivity index (χ3n) is 6.68. The summed E-state index contributed by atoms with van der Waals surface area (Å²) in [5.41, 5.74) is 4.90. The number of carbonyl (C=O) groups is 1. The number of fused-ring (bicyclic) bond motifs is 3. The van der Waals surface area contributed by atoms with Crippen molar-refractivity contribution in [1.29, 1.82) is 0 Å². The number of imidazole rings is 1. The van der Waals surface area contributed by atoms with Gasteiger partial charge in [0.25, 0.3) is 0 Å². The first kappa shape index (κ1) is 18.2. The van der Waals surface area contributed by atoms with Gasteiger partial charge in [-0.1, -0.05) is 18.2 Å². The molecule has 31 heavy (non-hydrogen) atoms. The topological polar surface area (TPSA) is 67.9 Å². The second kappa shape index (κ2) is 6.74.